The van der Waals surface area contributed by atoms with E-state index in [-0.39, 0.29) is 25.0 Å². The first-order valence-electron chi connectivity index (χ1n) is 2.18. The molecule has 0 heterocycles. The maximum absolute atomic E-state index is 10.1. The van der Waals surface area contributed by atoms with Crippen molar-refractivity contribution in [1.29, 1.82) is 0 Å². The third-order valence-corrected chi connectivity index (χ3v) is 1.02. The van der Waals surface area contributed by atoms with Crippen LogP contribution in [0.15, 0.2) is 0 Å². The van der Waals surface area contributed by atoms with Gasteiger partial charge in [0.05, 0.1) is 6.10 Å². The minimum absolute atomic E-state index is 0. The van der Waals surface area contributed by atoms with Crippen molar-refractivity contribution in [3.8, 4) is 0 Å². The predicted octanol–water partition coefficient (Wildman–Crippen LogP) is -2.46. The fraction of sp³-hybridized carbons (Fsp3) is 0.750. The van der Waals surface area contributed by atoms with Gasteiger partial charge in [-0.25, -0.2) is 8.42 Å². The van der Waals surface area contributed by atoms with Gasteiger partial charge in [0.15, 0.2) is 0 Å². The zero-order chi connectivity index (χ0) is 6.78. The van der Waals surface area contributed by atoms with Crippen LogP contribution in [0, 0.1) is 6.26 Å². The molecule has 5 heteroatoms. The minimum Gasteiger partial charge on any atom is -0.291 e. The molecule has 0 saturated heterocycles. The van der Waals surface area contributed by atoms with Crippen molar-refractivity contribution in [3.63, 3.8) is 0 Å². The summed E-state index contributed by atoms with van der Waals surface area (Å²) in [4.78, 5) is 0. The van der Waals surface area contributed by atoms with Crippen LogP contribution in [0.5, 0.6) is 0 Å². The summed E-state index contributed by atoms with van der Waals surface area (Å²) in [6.07, 6.45) is 2.45. The van der Waals surface area contributed by atoms with Crippen molar-refractivity contribution in [2.75, 3.05) is 0 Å². The Bertz CT molecular complexity index is 149. The molecule has 50 valence electrons. The molecule has 9 heavy (non-hydrogen) atoms. The SMILES string of the molecule is [CH2-]S(=O)(=O)OC(C)C.[Li+]. The normalized spacial score (nSPS) is 11.1. The van der Waals surface area contributed by atoms with Crippen molar-refractivity contribution in [2.24, 2.45) is 0 Å². The van der Waals surface area contributed by atoms with Crippen molar-refractivity contribution >= 4 is 10.1 Å². The molecule has 0 saturated carbocycles. The Morgan fingerprint density at radius 2 is 1.78 bits per heavy atom. The largest absolute Gasteiger partial charge is 1.00 e. The van der Waals surface area contributed by atoms with Crippen LogP contribution in [-0.2, 0) is 14.3 Å². The van der Waals surface area contributed by atoms with Crippen molar-refractivity contribution in [3.05, 3.63) is 6.26 Å². The van der Waals surface area contributed by atoms with Gasteiger partial charge in [-0.3, -0.25) is 4.18 Å². The molecule has 0 aromatic heterocycles. The Morgan fingerprint density at radius 1 is 1.44 bits per heavy atom. The van der Waals surface area contributed by atoms with E-state index in [4.69, 9.17) is 0 Å². The molecule has 0 unspecified atom stereocenters. The fourth-order valence-corrected chi connectivity index (χ4v) is 0.880. The Morgan fingerprint density at radius 3 is 1.78 bits per heavy atom. The van der Waals surface area contributed by atoms with Crippen molar-refractivity contribution < 1.29 is 31.5 Å². The number of rotatable bonds is 2. The second-order valence-corrected chi connectivity index (χ2v) is 3.01. The first kappa shape index (κ1) is 12.2. The molecule has 0 rings (SSSR count). The van der Waals surface area contributed by atoms with E-state index < -0.39 is 10.1 Å². The van der Waals surface area contributed by atoms with Gasteiger partial charge in [-0.1, -0.05) is 0 Å². The summed E-state index contributed by atoms with van der Waals surface area (Å²) in [6.45, 7) is 3.26. The summed E-state index contributed by atoms with van der Waals surface area (Å²) in [5.74, 6) is 0. The van der Waals surface area contributed by atoms with Crippen LogP contribution in [0.3, 0.4) is 0 Å². The maximum atomic E-state index is 10.1. The van der Waals surface area contributed by atoms with E-state index in [9.17, 15) is 8.42 Å². The minimum atomic E-state index is -3.47. The van der Waals surface area contributed by atoms with E-state index in [1.165, 1.54) is 0 Å². The van der Waals surface area contributed by atoms with Gasteiger partial charge in [-0.05, 0) is 13.8 Å². The van der Waals surface area contributed by atoms with Crippen LogP contribution < -0.4 is 18.9 Å². The monoisotopic (exact) mass is 144 g/mol. The summed E-state index contributed by atoms with van der Waals surface area (Å²) < 4.78 is 24.5. The Labute approximate surface area is 68.1 Å². The van der Waals surface area contributed by atoms with Gasteiger partial charge in [0, 0.05) is 0 Å². The Hall–Kier alpha value is 0.507. The predicted molar refractivity (Wildman–Crippen MR) is 30.5 cm³/mol. The second-order valence-electron chi connectivity index (χ2n) is 1.70. The quantitative estimate of drug-likeness (QED) is 0.245. The van der Waals surface area contributed by atoms with E-state index in [2.05, 4.69) is 10.4 Å². The van der Waals surface area contributed by atoms with Gasteiger partial charge < -0.3 is 0 Å². The van der Waals surface area contributed by atoms with E-state index in [0.29, 0.717) is 0 Å². The van der Waals surface area contributed by atoms with Crippen LogP contribution in [0.2, 0.25) is 0 Å². The average molecular weight is 144 g/mol. The summed E-state index contributed by atoms with van der Waals surface area (Å²) >= 11 is 0. The van der Waals surface area contributed by atoms with Gasteiger partial charge in [-0.15, -0.1) is 0 Å². The second kappa shape index (κ2) is 4.34. The standard InChI is InChI=1S/C4H9O3S.Li/c1-4(2)7-8(3,5)6;/h4H,3H2,1-2H3;/q-1;+1. The van der Waals surface area contributed by atoms with Gasteiger partial charge in [-0.2, -0.15) is 6.26 Å². The molecule has 0 radical (unpaired) electrons. The van der Waals surface area contributed by atoms with Crippen LogP contribution in [0.25, 0.3) is 0 Å². The molecule has 0 fully saturated rings. The topological polar surface area (TPSA) is 43.4 Å². The van der Waals surface area contributed by atoms with Crippen molar-refractivity contribution in [2.45, 2.75) is 20.0 Å². The van der Waals surface area contributed by atoms with Gasteiger partial charge in [0.1, 0.15) is 10.1 Å². The zero-order valence-electron chi connectivity index (χ0n) is 5.92. The molecular formula is C4H9LiO3S. The van der Waals surface area contributed by atoms with E-state index in [1.807, 2.05) is 0 Å². The van der Waals surface area contributed by atoms with Crippen LogP contribution in [0.1, 0.15) is 13.8 Å². The molecule has 0 aliphatic carbocycles. The third-order valence-electron chi connectivity index (χ3n) is 0.339. The van der Waals surface area contributed by atoms with Gasteiger partial charge in [0.2, 0.25) is 0 Å². The van der Waals surface area contributed by atoms with Gasteiger partial charge >= 0.3 is 18.9 Å². The molecule has 0 N–H and O–H groups in total. The van der Waals surface area contributed by atoms with Crippen LogP contribution in [0.4, 0.5) is 0 Å². The third kappa shape index (κ3) is 11.9. The smallest absolute Gasteiger partial charge is 0.291 e. The molecule has 3 nitrogen and oxygen atoms in total. The summed E-state index contributed by atoms with van der Waals surface area (Å²) in [7, 11) is -3.47. The van der Waals surface area contributed by atoms with Crippen LogP contribution in [-0.4, -0.2) is 14.5 Å². The summed E-state index contributed by atoms with van der Waals surface area (Å²) in [6, 6.07) is 0. The number of hydrogen-bond donors (Lipinski definition) is 0. The molecule has 0 aromatic carbocycles. The number of hydrogen-bond acceptors (Lipinski definition) is 3. The molecule has 0 amide bonds. The molecule has 0 aliphatic heterocycles. The maximum Gasteiger partial charge on any atom is 1.00 e. The Kier molecular flexibility index (Phi) is 5.89. The molecule has 0 atom stereocenters. The molecule has 0 spiro atoms. The van der Waals surface area contributed by atoms with E-state index >= 15 is 0 Å². The molecule has 0 bridgehead atoms. The Balaban J connectivity index is 0. The van der Waals surface area contributed by atoms with Crippen molar-refractivity contribution in [1.82, 2.24) is 0 Å². The molecule has 0 aromatic rings. The first-order chi connectivity index (χ1) is 3.42. The first-order valence-corrected chi connectivity index (χ1v) is 3.76. The van der Waals surface area contributed by atoms with Crippen LogP contribution >= 0.6 is 0 Å². The fourth-order valence-electron chi connectivity index (χ4n) is 0.293. The zero-order valence-corrected chi connectivity index (χ0v) is 6.73. The van der Waals surface area contributed by atoms with E-state index in [1.54, 1.807) is 13.8 Å². The van der Waals surface area contributed by atoms with E-state index in [0.717, 1.165) is 0 Å². The van der Waals surface area contributed by atoms with Gasteiger partial charge in [0.25, 0.3) is 0 Å². The molecular weight excluding hydrogens is 135 g/mol. The summed E-state index contributed by atoms with van der Waals surface area (Å²) in [5.41, 5.74) is 0. The molecule has 0 aliphatic rings. The summed E-state index contributed by atoms with van der Waals surface area (Å²) in [5, 5.41) is 0. The average Bonchev–Trinajstić information content (AvgIpc) is 1.21.